The molecule has 0 spiro atoms. The Hall–Kier alpha value is -2.82. The van der Waals surface area contributed by atoms with Crippen LogP contribution in [0.1, 0.15) is 48.3 Å². The number of hydrogen-bond donors (Lipinski definition) is 1. The highest BCUT2D eigenvalue weighted by molar-refractivity contribution is 5.94. The minimum absolute atomic E-state index is 0.145. The second-order valence-electron chi connectivity index (χ2n) is 6.66. The van der Waals surface area contributed by atoms with Gasteiger partial charge in [-0.25, -0.2) is 4.79 Å². The van der Waals surface area contributed by atoms with Gasteiger partial charge in [0.25, 0.3) is 5.91 Å². The summed E-state index contributed by atoms with van der Waals surface area (Å²) in [4.78, 5) is 24.5. The largest absolute Gasteiger partial charge is 0.496 e. The molecule has 0 radical (unpaired) electrons. The lowest BCUT2D eigenvalue weighted by Crippen LogP contribution is -2.35. The van der Waals surface area contributed by atoms with Gasteiger partial charge in [0.15, 0.2) is 6.61 Å². The van der Waals surface area contributed by atoms with E-state index in [1.165, 1.54) is 12.7 Å². The predicted molar refractivity (Wildman–Crippen MR) is 105 cm³/mol. The Morgan fingerprint density at radius 2 is 1.70 bits per heavy atom. The van der Waals surface area contributed by atoms with Crippen LogP contribution in [0.4, 0.5) is 0 Å². The molecule has 5 nitrogen and oxygen atoms in total. The van der Waals surface area contributed by atoms with Gasteiger partial charge in [-0.3, -0.25) is 4.79 Å². The van der Waals surface area contributed by atoms with Crippen molar-refractivity contribution in [2.24, 2.45) is 5.92 Å². The number of aryl methyl sites for hydroxylation is 1. The second-order valence-corrected chi connectivity index (χ2v) is 6.66. The summed E-state index contributed by atoms with van der Waals surface area (Å²) in [5, 5.41) is 2.96. The van der Waals surface area contributed by atoms with Gasteiger partial charge in [0, 0.05) is 0 Å². The molecule has 0 aromatic heterocycles. The maximum atomic E-state index is 12.3. The highest BCUT2D eigenvalue weighted by Crippen LogP contribution is 2.22. The van der Waals surface area contributed by atoms with Crippen LogP contribution in [0.25, 0.3) is 0 Å². The summed E-state index contributed by atoms with van der Waals surface area (Å²) >= 11 is 0. The first-order chi connectivity index (χ1) is 13.0. The van der Waals surface area contributed by atoms with E-state index >= 15 is 0 Å². The molecule has 1 amide bonds. The van der Waals surface area contributed by atoms with Crippen molar-refractivity contribution < 1.29 is 19.1 Å². The van der Waals surface area contributed by atoms with Gasteiger partial charge in [0.1, 0.15) is 11.3 Å². The van der Waals surface area contributed by atoms with Crippen LogP contribution in [0.15, 0.2) is 48.5 Å². The lowest BCUT2D eigenvalue weighted by atomic mass is 9.95. The van der Waals surface area contributed by atoms with Gasteiger partial charge in [-0.1, -0.05) is 57.2 Å². The summed E-state index contributed by atoms with van der Waals surface area (Å²) in [7, 11) is 1.48. The Kier molecular flexibility index (Phi) is 7.41. The first-order valence-electron chi connectivity index (χ1n) is 9.14. The fourth-order valence-corrected chi connectivity index (χ4v) is 2.83. The Bertz CT molecular complexity index is 768. The van der Waals surface area contributed by atoms with E-state index in [4.69, 9.17) is 9.47 Å². The van der Waals surface area contributed by atoms with Crippen molar-refractivity contribution in [1.82, 2.24) is 5.32 Å². The minimum Gasteiger partial charge on any atom is -0.496 e. The summed E-state index contributed by atoms with van der Waals surface area (Å²) in [6, 6.07) is 14.8. The molecule has 0 unspecified atom stereocenters. The number of carbonyl (C=O) groups is 2. The molecule has 1 atom stereocenters. The first kappa shape index (κ1) is 20.5. The van der Waals surface area contributed by atoms with Crippen LogP contribution < -0.4 is 10.1 Å². The van der Waals surface area contributed by atoms with E-state index in [0.29, 0.717) is 11.3 Å². The van der Waals surface area contributed by atoms with E-state index in [-0.39, 0.29) is 24.5 Å². The molecule has 2 aromatic carbocycles. The van der Waals surface area contributed by atoms with Crippen LogP contribution in [0, 0.1) is 5.92 Å². The number of benzene rings is 2. The zero-order valence-corrected chi connectivity index (χ0v) is 16.3. The highest BCUT2D eigenvalue weighted by atomic mass is 16.5. The van der Waals surface area contributed by atoms with Crippen molar-refractivity contribution in [3.8, 4) is 5.75 Å². The van der Waals surface area contributed by atoms with E-state index in [0.717, 1.165) is 12.0 Å². The van der Waals surface area contributed by atoms with Gasteiger partial charge in [-0.05, 0) is 35.6 Å². The molecule has 0 aliphatic carbocycles. The SMILES string of the molecule is CCc1ccc([C@@H](NC(=O)COC(=O)c2ccccc2OC)C(C)C)cc1. The number of hydrogen-bond acceptors (Lipinski definition) is 4. The lowest BCUT2D eigenvalue weighted by Gasteiger charge is -2.23. The Morgan fingerprint density at radius 1 is 1.04 bits per heavy atom. The van der Waals surface area contributed by atoms with E-state index in [1.807, 2.05) is 26.0 Å². The standard InChI is InChI=1S/C22H27NO4/c1-5-16-10-12-17(13-11-16)21(15(2)3)23-20(24)14-27-22(25)18-8-6-7-9-19(18)26-4/h6-13,15,21H,5,14H2,1-4H3,(H,23,24)/t21-/m0/s1. The molecule has 27 heavy (non-hydrogen) atoms. The van der Waals surface area contributed by atoms with Crippen molar-refractivity contribution in [2.75, 3.05) is 13.7 Å². The van der Waals surface area contributed by atoms with Crippen molar-refractivity contribution in [3.63, 3.8) is 0 Å². The number of esters is 1. The van der Waals surface area contributed by atoms with Crippen LogP contribution in [0.2, 0.25) is 0 Å². The molecule has 0 fully saturated rings. The molecule has 2 rings (SSSR count). The fraction of sp³-hybridized carbons (Fsp3) is 0.364. The molecule has 0 heterocycles. The van der Waals surface area contributed by atoms with Gasteiger partial charge in [-0.15, -0.1) is 0 Å². The highest BCUT2D eigenvalue weighted by Gasteiger charge is 2.20. The number of ether oxygens (including phenoxy) is 2. The summed E-state index contributed by atoms with van der Waals surface area (Å²) in [5.41, 5.74) is 2.58. The summed E-state index contributed by atoms with van der Waals surface area (Å²) in [5.74, 6) is -0.308. The third-order valence-electron chi connectivity index (χ3n) is 4.39. The topological polar surface area (TPSA) is 64.6 Å². The van der Waals surface area contributed by atoms with Crippen molar-refractivity contribution in [3.05, 3.63) is 65.2 Å². The second kappa shape index (κ2) is 9.76. The van der Waals surface area contributed by atoms with Crippen LogP contribution in [-0.4, -0.2) is 25.6 Å². The van der Waals surface area contributed by atoms with E-state index in [9.17, 15) is 9.59 Å². The van der Waals surface area contributed by atoms with E-state index in [1.54, 1.807) is 24.3 Å². The van der Waals surface area contributed by atoms with Gasteiger partial charge in [0.05, 0.1) is 13.2 Å². The van der Waals surface area contributed by atoms with Crippen molar-refractivity contribution in [1.29, 1.82) is 0 Å². The zero-order chi connectivity index (χ0) is 19.8. The number of methoxy groups -OCH3 is 1. The van der Waals surface area contributed by atoms with Crippen LogP contribution >= 0.6 is 0 Å². The third-order valence-corrected chi connectivity index (χ3v) is 4.39. The quantitative estimate of drug-likeness (QED) is 0.716. The Balaban J connectivity index is 1.98. The number of nitrogens with one attached hydrogen (secondary N) is 1. The summed E-state index contributed by atoms with van der Waals surface area (Å²) < 4.78 is 10.3. The average molecular weight is 369 g/mol. The minimum atomic E-state index is -0.587. The molecular weight excluding hydrogens is 342 g/mol. The third kappa shape index (κ3) is 5.58. The lowest BCUT2D eigenvalue weighted by molar-refractivity contribution is -0.125. The normalized spacial score (nSPS) is 11.7. The number of para-hydroxylation sites is 1. The number of carbonyl (C=O) groups excluding carboxylic acids is 2. The summed E-state index contributed by atoms with van der Waals surface area (Å²) in [6.45, 7) is 5.85. The van der Waals surface area contributed by atoms with Crippen LogP contribution in [-0.2, 0) is 16.0 Å². The molecular formula is C22H27NO4. The van der Waals surface area contributed by atoms with E-state index < -0.39 is 5.97 Å². The predicted octanol–water partition coefficient (Wildman–Crippen LogP) is 3.93. The maximum absolute atomic E-state index is 12.3. The summed E-state index contributed by atoms with van der Waals surface area (Å²) in [6.07, 6.45) is 0.970. The van der Waals surface area contributed by atoms with Crippen LogP contribution in [0.3, 0.4) is 0 Å². The molecule has 0 saturated heterocycles. The van der Waals surface area contributed by atoms with Gasteiger partial charge in [0.2, 0.25) is 0 Å². The zero-order valence-electron chi connectivity index (χ0n) is 16.3. The van der Waals surface area contributed by atoms with Crippen molar-refractivity contribution in [2.45, 2.75) is 33.2 Å². The number of amides is 1. The molecule has 144 valence electrons. The average Bonchev–Trinajstić information content (AvgIpc) is 2.70. The first-order valence-corrected chi connectivity index (χ1v) is 9.14. The van der Waals surface area contributed by atoms with Crippen molar-refractivity contribution >= 4 is 11.9 Å². The fourth-order valence-electron chi connectivity index (χ4n) is 2.83. The molecule has 0 aliphatic rings. The number of rotatable bonds is 8. The molecule has 0 bridgehead atoms. The molecule has 0 aliphatic heterocycles. The monoisotopic (exact) mass is 369 g/mol. The Morgan fingerprint density at radius 3 is 2.30 bits per heavy atom. The molecule has 5 heteroatoms. The molecule has 1 N–H and O–H groups in total. The van der Waals surface area contributed by atoms with Crippen LogP contribution in [0.5, 0.6) is 5.75 Å². The van der Waals surface area contributed by atoms with Gasteiger partial charge >= 0.3 is 5.97 Å². The maximum Gasteiger partial charge on any atom is 0.342 e. The van der Waals surface area contributed by atoms with Gasteiger partial charge in [-0.2, -0.15) is 0 Å². The van der Waals surface area contributed by atoms with E-state index in [2.05, 4.69) is 24.4 Å². The van der Waals surface area contributed by atoms with Gasteiger partial charge < -0.3 is 14.8 Å². The Labute approximate surface area is 160 Å². The smallest absolute Gasteiger partial charge is 0.342 e. The molecule has 0 saturated carbocycles. The molecule has 2 aromatic rings.